The van der Waals surface area contributed by atoms with Crippen LogP contribution in [0.15, 0.2) is 12.3 Å². The lowest BCUT2D eigenvalue weighted by molar-refractivity contribution is -0.143. The molecule has 18 heavy (non-hydrogen) atoms. The molecule has 1 fully saturated rings. The van der Waals surface area contributed by atoms with Crippen LogP contribution >= 0.6 is 0 Å². The van der Waals surface area contributed by atoms with Crippen LogP contribution in [0.1, 0.15) is 30.3 Å². The molecule has 6 heteroatoms. The number of likely N-dealkylation sites (tertiary alicyclic amines) is 1. The van der Waals surface area contributed by atoms with Crippen molar-refractivity contribution in [1.82, 2.24) is 14.7 Å². The fraction of sp³-hybridized carbons (Fsp3) is 0.583. The first-order valence-corrected chi connectivity index (χ1v) is 6.17. The van der Waals surface area contributed by atoms with Gasteiger partial charge in [0.15, 0.2) is 0 Å². The smallest absolute Gasteiger partial charge is 0.308 e. The van der Waals surface area contributed by atoms with Crippen LogP contribution in [0.4, 0.5) is 0 Å². The maximum Gasteiger partial charge on any atom is 0.308 e. The average molecular weight is 251 g/mol. The molecule has 1 aliphatic rings. The van der Waals surface area contributed by atoms with E-state index in [2.05, 4.69) is 5.10 Å². The van der Waals surface area contributed by atoms with E-state index in [1.54, 1.807) is 21.8 Å². The van der Waals surface area contributed by atoms with Gasteiger partial charge in [-0.15, -0.1) is 0 Å². The number of rotatable bonds is 3. The lowest BCUT2D eigenvalue weighted by Gasteiger charge is -2.30. The Morgan fingerprint density at radius 2 is 2.33 bits per heavy atom. The lowest BCUT2D eigenvalue weighted by atomic mass is 9.98. The molecule has 0 spiro atoms. The molecule has 1 aliphatic heterocycles. The Kier molecular flexibility index (Phi) is 3.64. The molecule has 2 rings (SSSR count). The van der Waals surface area contributed by atoms with Crippen molar-refractivity contribution in [2.75, 3.05) is 13.1 Å². The summed E-state index contributed by atoms with van der Waals surface area (Å²) in [6, 6.07) is 1.68. The van der Waals surface area contributed by atoms with Crippen molar-refractivity contribution in [1.29, 1.82) is 0 Å². The third kappa shape index (κ3) is 2.37. The molecule has 1 aromatic rings. The largest absolute Gasteiger partial charge is 0.481 e. The molecular formula is C12H17N3O3. The first kappa shape index (κ1) is 12.6. The van der Waals surface area contributed by atoms with E-state index in [4.69, 9.17) is 5.11 Å². The van der Waals surface area contributed by atoms with Crippen LogP contribution in [0.25, 0.3) is 0 Å². The van der Waals surface area contributed by atoms with Gasteiger partial charge >= 0.3 is 5.97 Å². The second-order valence-corrected chi connectivity index (χ2v) is 4.46. The van der Waals surface area contributed by atoms with Crippen molar-refractivity contribution in [3.63, 3.8) is 0 Å². The van der Waals surface area contributed by atoms with Gasteiger partial charge in [0.1, 0.15) is 5.69 Å². The van der Waals surface area contributed by atoms with E-state index in [0.29, 0.717) is 31.7 Å². The van der Waals surface area contributed by atoms with Crippen LogP contribution in [0, 0.1) is 5.92 Å². The normalized spacial score (nSPS) is 19.8. The van der Waals surface area contributed by atoms with Crippen LogP contribution in [-0.2, 0) is 11.3 Å². The third-order valence-electron chi connectivity index (χ3n) is 3.29. The molecule has 0 radical (unpaired) electrons. The molecule has 2 heterocycles. The minimum atomic E-state index is -0.823. The number of nitrogens with zero attached hydrogens (tertiary/aromatic N) is 3. The highest BCUT2D eigenvalue weighted by Crippen LogP contribution is 2.18. The number of carbonyl (C=O) groups is 2. The van der Waals surface area contributed by atoms with E-state index >= 15 is 0 Å². The predicted molar refractivity (Wildman–Crippen MR) is 64.2 cm³/mol. The summed E-state index contributed by atoms with van der Waals surface area (Å²) in [5.74, 6) is -1.39. The Balaban J connectivity index is 2.11. The Morgan fingerprint density at radius 1 is 1.56 bits per heavy atom. The van der Waals surface area contributed by atoms with Gasteiger partial charge in [-0.2, -0.15) is 5.10 Å². The summed E-state index contributed by atoms with van der Waals surface area (Å²) >= 11 is 0. The maximum atomic E-state index is 12.3. The predicted octanol–water partition coefficient (Wildman–Crippen LogP) is 0.840. The number of aryl methyl sites for hydroxylation is 1. The first-order chi connectivity index (χ1) is 8.63. The maximum absolute atomic E-state index is 12.3. The van der Waals surface area contributed by atoms with Gasteiger partial charge in [-0.3, -0.25) is 14.3 Å². The highest BCUT2D eigenvalue weighted by molar-refractivity contribution is 5.92. The van der Waals surface area contributed by atoms with Crippen LogP contribution in [0.5, 0.6) is 0 Å². The quantitative estimate of drug-likeness (QED) is 0.863. The molecular weight excluding hydrogens is 234 g/mol. The topological polar surface area (TPSA) is 75.4 Å². The minimum Gasteiger partial charge on any atom is -0.481 e. The molecule has 98 valence electrons. The summed E-state index contributed by atoms with van der Waals surface area (Å²) in [6.07, 6.45) is 2.98. The summed E-state index contributed by atoms with van der Waals surface area (Å²) in [7, 11) is 0. The highest BCUT2D eigenvalue weighted by atomic mass is 16.4. The summed E-state index contributed by atoms with van der Waals surface area (Å²) in [6.45, 7) is 3.46. The average Bonchev–Trinajstić information content (AvgIpc) is 2.86. The van der Waals surface area contributed by atoms with E-state index in [1.165, 1.54) is 0 Å². The number of amides is 1. The zero-order valence-corrected chi connectivity index (χ0v) is 10.4. The monoisotopic (exact) mass is 251 g/mol. The van der Waals surface area contributed by atoms with E-state index in [0.717, 1.165) is 6.42 Å². The van der Waals surface area contributed by atoms with Crippen molar-refractivity contribution < 1.29 is 14.7 Å². The summed E-state index contributed by atoms with van der Waals surface area (Å²) in [5.41, 5.74) is 0.531. The molecule has 6 nitrogen and oxygen atoms in total. The SMILES string of the molecule is CCn1nccc1C(=O)N1CCC[C@H](C(=O)O)C1. The first-order valence-electron chi connectivity index (χ1n) is 6.17. The van der Waals surface area contributed by atoms with Crippen LogP contribution < -0.4 is 0 Å². The molecule has 0 aliphatic carbocycles. The van der Waals surface area contributed by atoms with Gasteiger partial charge in [0.25, 0.3) is 5.91 Å². The third-order valence-corrected chi connectivity index (χ3v) is 3.29. The molecule has 1 aromatic heterocycles. The second-order valence-electron chi connectivity index (χ2n) is 4.46. The lowest BCUT2D eigenvalue weighted by Crippen LogP contribution is -2.43. The zero-order valence-electron chi connectivity index (χ0n) is 10.4. The van der Waals surface area contributed by atoms with Gasteiger partial charge in [-0.05, 0) is 25.8 Å². The Labute approximate surface area is 105 Å². The number of aromatic nitrogens is 2. The van der Waals surface area contributed by atoms with E-state index in [9.17, 15) is 9.59 Å². The number of carboxylic acids is 1. The van der Waals surface area contributed by atoms with Gasteiger partial charge < -0.3 is 10.0 Å². The van der Waals surface area contributed by atoms with Crippen molar-refractivity contribution >= 4 is 11.9 Å². The van der Waals surface area contributed by atoms with Crippen molar-refractivity contribution in [3.8, 4) is 0 Å². The fourth-order valence-electron chi connectivity index (χ4n) is 2.29. The Bertz CT molecular complexity index is 455. The molecule has 1 atom stereocenters. The van der Waals surface area contributed by atoms with E-state index < -0.39 is 11.9 Å². The zero-order chi connectivity index (χ0) is 13.1. The van der Waals surface area contributed by atoms with E-state index in [-0.39, 0.29) is 5.91 Å². The van der Waals surface area contributed by atoms with Crippen molar-refractivity contribution in [3.05, 3.63) is 18.0 Å². The van der Waals surface area contributed by atoms with E-state index in [1.807, 2.05) is 6.92 Å². The Hall–Kier alpha value is -1.85. The minimum absolute atomic E-state index is 0.125. The molecule has 0 saturated carbocycles. The van der Waals surface area contributed by atoms with Gasteiger partial charge in [0, 0.05) is 25.8 Å². The summed E-state index contributed by atoms with van der Waals surface area (Å²) < 4.78 is 1.63. The highest BCUT2D eigenvalue weighted by Gasteiger charge is 2.29. The fourth-order valence-corrected chi connectivity index (χ4v) is 2.29. The molecule has 1 amide bonds. The van der Waals surface area contributed by atoms with Crippen LogP contribution in [-0.4, -0.2) is 44.8 Å². The molecule has 0 unspecified atom stereocenters. The molecule has 1 saturated heterocycles. The number of hydrogen-bond donors (Lipinski definition) is 1. The number of aliphatic carboxylic acids is 1. The molecule has 0 aromatic carbocycles. The number of piperidine rings is 1. The second kappa shape index (κ2) is 5.20. The Morgan fingerprint density at radius 3 is 3.00 bits per heavy atom. The van der Waals surface area contributed by atoms with Gasteiger partial charge in [-0.1, -0.05) is 0 Å². The van der Waals surface area contributed by atoms with Crippen molar-refractivity contribution in [2.45, 2.75) is 26.3 Å². The summed E-state index contributed by atoms with van der Waals surface area (Å²) in [4.78, 5) is 24.9. The standard InChI is InChI=1S/C12H17N3O3/c1-2-15-10(5-6-13-15)11(16)14-7-3-4-9(8-14)12(17)18/h5-6,9H,2-4,7-8H2,1H3,(H,17,18)/t9-/m0/s1. The van der Waals surface area contributed by atoms with Gasteiger partial charge in [-0.25, -0.2) is 0 Å². The molecule has 1 N–H and O–H groups in total. The number of carboxylic acid groups (broad SMARTS) is 1. The van der Waals surface area contributed by atoms with Crippen LogP contribution in [0.3, 0.4) is 0 Å². The van der Waals surface area contributed by atoms with Gasteiger partial charge in [0.2, 0.25) is 0 Å². The number of hydrogen-bond acceptors (Lipinski definition) is 3. The van der Waals surface area contributed by atoms with Crippen LogP contribution in [0.2, 0.25) is 0 Å². The number of carbonyl (C=O) groups excluding carboxylic acids is 1. The summed E-state index contributed by atoms with van der Waals surface area (Å²) in [5, 5.41) is 13.1. The van der Waals surface area contributed by atoms with Crippen molar-refractivity contribution in [2.24, 2.45) is 5.92 Å². The van der Waals surface area contributed by atoms with Gasteiger partial charge in [0.05, 0.1) is 5.92 Å². The molecule has 0 bridgehead atoms.